The minimum atomic E-state index is -2.71. The molecular formula is C10H11FN4O4. The highest BCUT2D eigenvalue weighted by molar-refractivity contribution is 5.22. The topological polar surface area (TPSA) is 123 Å². The monoisotopic (exact) mass is 270 g/mol. The van der Waals surface area contributed by atoms with Crippen molar-refractivity contribution in [3.8, 4) is 12.3 Å². The average molecular weight is 270 g/mol. The lowest BCUT2D eigenvalue weighted by Gasteiger charge is -2.22. The van der Waals surface area contributed by atoms with Crippen LogP contribution in [0.15, 0.2) is 11.0 Å². The van der Waals surface area contributed by atoms with Crippen molar-refractivity contribution in [1.82, 2.24) is 14.8 Å². The summed E-state index contributed by atoms with van der Waals surface area (Å²) in [6.45, 7) is -0.665. The van der Waals surface area contributed by atoms with Crippen LogP contribution in [0.1, 0.15) is 6.23 Å². The van der Waals surface area contributed by atoms with Gasteiger partial charge < -0.3 is 20.7 Å². The van der Waals surface area contributed by atoms with E-state index in [1.54, 1.807) is 5.92 Å². The van der Waals surface area contributed by atoms with Gasteiger partial charge >= 0.3 is 5.69 Å². The zero-order valence-electron chi connectivity index (χ0n) is 9.60. The molecule has 0 aliphatic carbocycles. The number of hydrogen-bond donors (Lipinski definition) is 3. The van der Waals surface area contributed by atoms with Gasteiger partial charge in [0.15, 0.2) is 0 Å². The van der Waals surface area contributed by atoms with Gasteiger partial charge in [0.2, 0.25) is 11.9 Å². The van der Waals surface area contributed by atoms with E-state index in [9.17, 15) is 14.3 Å². The second-order valence-electron chi connectivity index (χ2n) is 3.98. The van der Waals surface area contributed by atoms with Crippen molar-refractivity contribution in [3.05, 3.63) is 16.7 Å². The zero-order chi connectivity index (χ0) is 14.2. The Balaban J connectivity index is 2.49. The van der Waals surface area contributed by atoms with E-state index < -0.39 is 36.4 Å². The van der Waals surface area contributed by atoms with Crippen LogP contribution in [0.2, 0.25) is 0 Å². The van der Waals surface area contributed by atoms with Crippen LogP contribution in [-0.4, -0.2) is 49.5 Å². The Hall–Kier alpha value is -2.02. The number of aliphatic hydroxyl groups is 2. The maximum atomic E-state index is 14.5. The molecule has 1 aromatic heterocycles. The van der Waals surface area contributed by atoms with Crippen LogP contribution in [0.4, 0.5) is 10.2 Å². The standard InChI is InChI=1S/C10H11FN4O4/c1-2-10(11)7(17)5(4-16)19-8(10)15-9(18)14-6(12)3-13-15/h1,3,5,7-8,16-17H,4H2,(H2,12,14,18)/t5-,7?,8-,10-/m1/s1. The summed E-state index contributed by atoms with van der Waals surface area (Å²) in [5.74, 6) is 1.58. The van der Waals surface area contributed by atoms with Crippen molar-refractivity contribution in [3.63, 3.8) is 0 Å². The Kier molecular flexibility index (Phi) is 3.23. The van der Waals surface area contributed by atoms with Crippen LogP contribution in [0, 0.1) is 12.3 Å². The summed E-state index contributed by atoms with van der Waals surface area (Å²) in [4.78, 5) is 14.9. The first-order chi connectivity index (χ1) is 8.93. The van der Waals surface area contributed by atoms with Gasteiger partial charge in [-0.3, -0.25) is 0 Å². The third-order valence-corrected chi connectivity index (χ3v) is 2.80. The summed E-state index contributed by atoms with van der Waals surface area (Å²) in [7, 11) is 0. The summed E-state index contributed by atoms with van der Waals surface area (Å²) in [5.41, 5.74) is 1.57. The maximum Gasteiger partial charge on any atom is 0.368 e. The second kappa shape index (κ2) is 4.58. The van der Waals surface area contributed by atoms with E-state index in [-0.39, 0.29) is 5.82 Å². The van der Waals surface area contributed by atoms with Gasteiger partial charge in [-0.15, -0.1) is 6.42 Å². The van der Waals surface area contributed by atoms with Crippen LogP contribution >= 0.6 is 0 Å². The molecule has 4 N–H and O–H groups in total. The van der Waals surface area contributed by atoms with Crippen LogP contribution in [-0.2, 0) is 4.74 Å². The minimum absolute atomic E-state index is 0.149. The first-order valence-electron chi connectivity index (χ1n) is 5.26. The van der Waals surface area contributed by atoms with Gasteiger partial charge in [0, 0.05) is 0 Å². The van der Waals surface area contributed by atoms with E-state index in [0.717, 1.165) is 6.20 Å². The molecule has 0 spiro atoms. The molecule has 1 saturated heterocycles. The molecule has 1 aliphatic rings. The van der Waals surface area contributed by atoms with Crippen molar-refractivity contribution >= 4 is 5.82 Å². The van der Waals surface area contributed by atoms with Gasteiger partial charge in [-0.2, -0.15) is 14.8 Å². The Morgan fingerprint density at radius 3 is 2.95 bits per heavy atom. The number of nitrogen functional groups attached to an aromatic ring is 1. The van der Waals surface area contributed by atoms with Crippen LogP contribution < -0.4 is 11.4 Å². The Bertz CT molecular complexity index is 586. The quantitative estimate of drug-likeness (QED) is 0.521. The molecule has 0 saturated carbocycles. The molecule has 0 aromatic carbocycles. The molecule has 2 rings (SSSR count). The molecule has 0 amide bonds. The molecule has 1 aromatic rings. The number of rotatable bonds is 2. The highest BCUT2D eigenvalue weighted by Gasteiger charge is 2.58. The lowest BCUT2D eigenvalue weighted by Crippen LogP contribution is -2.45. The van der Waals surface area contributed by atoms with Gasteiger partial charge in [0.05, 0.1) is 12.8 Å². The Morgan fingerprint density at radius 2 is 2.42 bits per heavy atom. The molecule has 9 heteroatoms. The third kappa shape index (κ3) is 1.95. The van der Waals surface area contributed by atoms with E-state index in [1.807, 2.05) is 0 Å². The maximum absolute atomic E-state index is 14.5. The lowest BCUT2D eigenvalue weighted by molar-refractivity contribution is -0.0609. The lowest BCUT2D eigenvalue weighted by atomic mass is 9.97. The fourth-order valence-corrected chi connectivity index (χ4v) is 1.81. The number of terminal acetylenes is 1. The molecule has 102 valence electrons. The molecule has 4 atom stereocenters. The van der Waals surface area contributed by atoms with E-state index in [4.69, 9.17) is 22.0 Å². The summed E-state index contributed by atoms with van der Waals surface area (Å²) in [6, 6.07) is 0. The molecule has 19 heavy (non-hydrogen) atoms. The Morgan fingerprint density at radius 1 is 1.74 bits per heavy atom. The number of halogens is 1. The van der Waals surface area contributed by atoms with Crippen molar-refractivity contribution in [1.29, 1.82) is 0 Å². The minimum Gasteiger partial charge on any atom is -0.394 e. The summed E-state index contributed by atoms with van der Waals surface area (Å²) in [6.07, 6.45) is 1.31. The summed E-state index contributed by atoms with van der Waals surface area (Å²) < 4.78 is 20.1. The molecule has 1 aliphatic heterocycles. The number of aromatic nitrogens is 3. The van der Waals surface area contributed by atoms with E-state index >= 15 is 0 Å². The number of alkyl halides is 1. The molecular weight excluding hydrogens is 259 g/mol. The van der Waals surface area contributed by atoms with Gasteiger partial charge in [-0.05, 0) is 0 Å². The molecule has 2 heterocycles. The number of aliphatic hydroxyl groups excluding tert-OH is 2. The third-order valence-electron chi connectivity index (χ3n) is 2.80. The Labute approximate surface area is 106 Å². The van der Waals surface area contributed by atoms with Gasteiger partial charge in [0.25, 0.3) is 0 Å². The summed E-state index contributed by atoms with van der Waals surface area (Å²) >= 11 is 0. The second-order valence-corrected chi connectivity index (χ2v) is 3.98. The first-order valence-corrected chi connectivity index (χ1v) is 5.26. The number of nitrogens with zero attached hydrogens (tertiary/aromatic N) is 3. The van der Waals surface area contributed by atoms with Crippen LogP contribution in [0.5, 0.6) is 0 Å². The largest absolute Gasteiger partial charge is 0.394 e. The summed E-state index contributed by atoms with van der Waals surface area (Å²) in [5, 5.41) is 22.2. The predicted molar refractivity (Wildman–Crippen MR) is 60.4 cm³/mol. The SMILES string of the molecule is C#C[C@@]1(F)C(O)[C@@H](CO)O[C@H]1n1ncc(N)nc1=O. The van der Waals surface area contributed by atoms with Crippen molar-refractivity contribution in [2.24, 2.45) is 0 Å². The number of ether oxygens (including phenoxy) is 1. The molecule has 8 nitrogen and oxygen atoms in total. The first kappa shape index (κ1) is 13.4. The predicted octanol–water partition coefficient (Wildman–Crippen LogP) is -2.19. The highest BCUT2D eigenvalue weighted by atomic mass is 19.1. The van der Waals surface area contributed by atoms with Crippen LogP contribution in [0.25, 0.3) is 0 Å². The van der Waals surface area contributed by atoms with Crippen molar-refractivity contribution in [2.45, 2.75) is 24.1 Å². The molecule has 1 unspecified atom stereocenters. The number of anilines is 1. The van der Waals surface area contributed by atoms with Gasteiger partial charge in [-0.25, -0.2) is 9.18 Å². The van der Waals surface area contributed by atoms with Crippen molar-refractivity contribution in [2.75, 3.05) is 12.3 Å². The fourth-order valence-electron chi connectivity index (χ4n) is 1.81. The number of nitrogens with two attached hydrogens (primary N) is 1. The average Bonchev–Trinajstić information content (AvgIpc) is 2.63. The van der Waals surface area contributed by atoms with E-state index in [1.165, 1.54) is 0 Å². The van der Waals surface area contributed by atoms with Crippen molar-refractivity contribution < 1.29 is 19.3 Å². The van der Waals surface area contributed by atoms with E-state index in [2.05, 4.69) is 10.1 Å². The number of hydrogen-bond acceptors (Lipinski definition) is 7. The fraction of sp³-hybridized carbons (Fsp3) is 0.500. The molecule has 0 radical (unpaired) electrons. The van der Waals surface area contributed by atoms with Gasteiger partial charge in [0.1, 0.15) is 18.0 Å². The van der Waals surface area contributed by atoms with Crippen LogP contribution in [0.3, 0.4) is 0 Å². The highest BCUT2D eigenvalue weighted by Crippen LogP contribution is 2.39. The van der Waals surface area contributed by atoms with E-state index in [0.29, 0.717) is 4.68 Å². The molecule has 1 fully saturated rings. The smallest absolute Gasteiger partial charge is 0.368 e. The van der Waals surface area contributed by atoms with Gasteiger partial charge in [-0.1, -0.05) is 5.92 Å². The molecule has 0 bridgehead atoms. The zero-order valence-corrected chi connectivity index (χ0v) is 9.60. The normalized spacial score (nSPS) is 34.1.